The van der Waals surface area contributed by atoms with Crippen LogP contribution < -0.4 is 0 Å². The average molecular weight is 379 g/mol. The fraction of sp³-hybridized carbons (Fsp3) is 0.647. The third kappa shape index (κ3) is 3.56. The van der Waals surface area contributed by atoms with Crippen molar-refractivity contribution in [3.8, 4) is 0 Å². The molecule has 8 nitrogen and oxygen atoms in total. The van der Waals surface area contributed by atoms with Gasteiger partial charge in [-0.1, -0.05) is 12.8 Å². The quantitative estimate of drug-likeness (QED) is 0.784. The molecule has 142 valence electrons. The molecule has 1 atom stereocenters. The molecule has 26 heavy (non-hydrogen) atoms. The van der Waals surface area contributed by atoms with Crippen molar-refractivity contribution in [1.82, 2.24) is 23.6 Å². The van der Waals surface area contributed by atoms with E-state index in [1.54, 1.807) is 17.8 Å². The van der Waals surface area contributed by atoms with Crippen LogP contribution in [0.2, 0.25) is 0 Å². The van der Waals surface area contributed by atoms with Crippen LogP contribution in [0.4, 0.5) is 0 Å². The summed E-state index contributed by atoms with van der Waals surface area (Å²) in [6.45, 7) is 1.86. The van der Waals surface area contributed by atoms with Crippen molar-refractivity contribution in [1.29, 1.82) is 0 Å². The van der Waals surface area contributed by atoms with Crippen LogP contribution in [-0.4, -0.2) is 51.3 Å². The lowest BCUT2D eigenvalue weighted by atomic mass is 10.1. The van der Waals surface area contributed by atoms with Crippen molar-refractivity contribution in [2.45, 2.75) is 49.9 Å². The molecule has 3 heterocycles. The maximum Gasteiger partial charge on any atom is 0.262 e. The molecule has 2 aliphatic rings. The summed E-state index contributed by atoms with van der Waals surface area (Å²) >= 11 is 0. The first kappa shape index (κ1) is 17.7. The maximum absolute atomic E-state index is 13.1. The Bertz CT molecular complexity index is 853. The molecule has 1 saturated carbocycles. The van der Waals surface area contributed by atoms with Crippen molar-refractivity contribution in [2.24, 2.45) is 13.0 Å². The summed E-state index contributed by atoms with van der Waals surface area (Å²) in [7, 11) is -1.91. The fourth-order valence-corrected chi connectivity index (χ4v) is 5.18. The lowest BCUT2D eigenvalue weighted by Crippen LogP contribution is -2.38. The van der Waals surface area contributed by atoms with Gasteiger partial charge in [-0.05, 0) is 24.8 Å². The minimum Gasteiger partial charge on any atom is -0.375 e. The van der Waals surface area contributed by atoms with Gasteiger partial charge >= 0.3 is 0 Å². The number of fused-ring (bicyclic) bond motifs is 1. The first-order valence-electron chi connectivity index (χ1n) is 9.13. The number of aromatic nitrogens is 4. The molecule has 2 aromatic rings. The largest absolute Gasteiger partial charge is 0.375 e. The van der Waals surface area contributed by atoms with E-state index in [1.165, 1.54) is 42.5 Å². The Labute approximate surface area is 153 Å². The Balaban J connectivity index is 1.55. The number of ether oxygens (including phenoxy) is 1. The van der Waals surface area contributed by atoms with Crippen molar-refractivity contribution in [3.05, 3.63) is 30.5 Å². The lowest BCUT2D eigenvalue weighted by molar-refractivity contribution is 0.0123. The molecule has 1 aliphatic heterocycles. The molecule has 0 N–H and O–H groups in total. The van der Waals surface area contributed by atoms with Crippen molar-refractivity contribution >= 4 is 10.0 Å². The number of nitrogens with zero attached hydrogens (tertiary/aromatic N) is 5. The van der Waals surface area contributed by atoms with Crippen LogP contribution in [-0.2, 0) is 34.9 Å². The maximum atomic E-state index is 13.1. The van der Waals surface area contributed by atoms with Gasteiger partial charge in [0.05, 0.1) is 31.2 Å². The summed E-state index contributed by atoms with van der Waals surface area (Å²) < 4.78 is 37.2. The Morgan fingerprint density at radius 1 is 1.27 bits per heavy atom. The standard InChI is InChI=1S/C17H25N5O3S/c1-20-11-17(18-13-20)26(23,24)21-8-15-6-7-19-22(15)10-16(9-21)25-12-14-4-2-3-5-14/h6-7,11,13-14,16H,2-5,8-10,12H2,1H3/t16-/m1/s1. The van der Waals surface area contributed by atoms with E-state index in [0.717, 1.165) is 5.69 Å². The van der Waals surface area contributed by atoms with Crippen LogP contribution >= 0.6 is 0 Å². The van der Waals surface area contributed by atoms with Crippen molar-refractivity contribution < 1.29 is 13.2 Å². The first-order valence-corrected chi connectivity index (χ1v) is 10.6. The van der Waals surface area contributed by atoms with Gasteiger partial charge in [0.15, 0.2) is 5.03 Å². The van der Waals surface area contributed by atoms with E-state index in [2.05, 4.69) is 10.1 Å². The van der Waals surface area contributed by atoms with E-state index in [0.29, 0.717) is 25.6 Å². The Hall–Kier alpha value is -1.71. The summed E-state index contributed by atoms with van der Waals surface area (Å²) in [5.41, 5.74) is 0.872. The Kier molecular flexibility index (Phi) is 4.85. The number of hydrogen-bond acceptors (Lipinski definition) is 5. The monoisotopic (exact) mass is 379 g/mol. The summed E-state index contributed by atoms with van der Waals surface area (Å²) in [5.74, 6) is 0.594. The number of imidazole rings is 1. The van der Waals surface area contributed by atoms with Gasteiger partial charge in [0.1, 0.15) is 0 Å². The summed E-state index contributed by atoms with van der Waals surface area (Å²) in [6, 6.07) is 1.86. The van der Waals surface area contributed by atoms with E-state index >= 15 is 0 Å². The molecule has 9 heteroatoms. The SMILES string of the molecule is Cn1cnc(S(=O)(=O)N2Cc3ccnn3C[C@H](OCC3CCCC3)C2)c1. The van der Waals surface area contributed by atoms with E-state index in [-0.39, 0.29) is 17.7 Å². The zero-order chi connectivity index (χ0) is 18.1. The fourth-order valence-electron chi connectivity index (χ4n) is 3.77. The van der Waals surface area contributed by atoms with E-state index < -0.39 is 10.0 Å². The van der Waals surface area contributed by atoms with Crippen molar-refractivity contribution in [3.63, 3.8) is 0 Å². The molecule has 0 radical (unpaired) electrons. The number of aryl methyl sites for hydroxylation is 1. The van der Waals surface area contributed by atoms with Gasteiger partial charge in [0.2, 0.25) is 0 Å². The third-order valence-corrected chi connectivity index (χ3v) is 6.95. The molecule has 0 saturated heterocycles. The molecule has 1 fully saturated rings. The van der Waals surface area contributed by atoms with Gasteiger partial charge in [-0.3, -0.25) is 4.68 Å². The Morgan fingerprint density at radius 2 is 2.08 bits per heavy atom. The third-order valence-electron chi connectivity index (χ3n) is 5.25. The minimum absolute atomic E-state index is 0.0718. The average Bonchev–Trinajstić information content (AvgIpc) is 3.34. The highest BCUT2D eigenvalue weighted by Crippen LogP contribution is 2.26. The van der Waals surface area contributed by atoms with Gasteiger partial charge in [0.25, 0.3) is 10.0 Å². The van der Waals surface area contributed by atoms with Crippen LogP contribution in [0.5, 0.6) is 0 Å². The summed E-state index contributed by atoms with van der Waals surface area (Å²) in [6.07, 6.45) is 9.47. The van der Waals surface area contributed by atoms with Gasteiger partial charge in [-0.15, -0.1) is 0 Å². The van der Waals surface area contributed by atoms with Crippen LogP contribution in [0.25, 0.3) is 0 Å². The topological polar surface area (TPSA) is 82.3 Å². The second-order valence-corrected chi connectivity index (χ2v) is 9.17. The highest BCUT2D eigenvalue weighted by Gasteiger charge is 2.33. The second-order valence-electron chi connectivity index (χ2n) is 7.29. The lowest BCUT2D eigenvalue weighted by Gasteiger charge is -2.24. The zero-order valence-corrected chi connectivity index (χ0v) is 15.8. The van der Waals surface area contributed by atoms with Crippen molar-refractivity contribution in [2.75, 3.05) is 13.2 Å². The minimum atomic E-state index is -3.68. The van der Waals surface area contributed by atoms with Gasteiger partial charge in [0, 0.05) is 32.6 Å². The van der Waals surface area contributed by atoms with E-state index in [9.17, 15) is 8.42 Å². The predicted octanol–water partition coefficient (Wildman–Crippen LogP) is 1.40. The number of hydrogen-bond donors (Lipinski definition) is 0. The number of sulfonamides is 1. The molecule has 0 bridgehead atoms. The van der Waals surface area contributed by atoms with Crippen LogP contribution in [0.1, 0.15) is 31.4 Å². The molecule has 0 unspecified atom stereocenters. The molecule has 0 aromatic carbocycles. The van der Waals surface area contributed by atoms with E-state index in [1.807, 2.05) is 10.7 Å². The van der Waals surface area contributed by atoms with Gasteiger partial charge in [-0.2, -0.15) is 9.40 Å². The van der Waals surface area contributed by atoms with E-state index in [4.69, 9.17) is 4.74 Å². The zero-order valence-electron chi connectivity index (χ0n) is 15.0. The molecular formula is C17H25N5O3S. The Morgan fingerprint density at radius 3 is 2.81 bits per heavy atom. The summed E-state index contributed by atoms with van der Waals surface area (Å²) in [4.78, 5) is 4.04. The van der Waals surface area contributed by atoms with Gasteiger partial charge < -0.3 is 9.30 Å². The smallest absolute Gasteiger partial charge is 0.262 e. The molecular weight excluding hydrogens is 354 g/mol. The molecule has 2 aromatic heterocycles. The molecule has 4 rings (SSSR count). The number of rotatable bonds is 5. The summed E-state index contributed by atoms with van der Waals surface area (Å²) in [5, 5.41) is 4.41. The highest BCUT2D eigenvalue weighted by molar-refractivity contribution is 7.89. The molecule has 0 spiro atoms. The first-order chi connectivity index (χ1) is 12.5. The normalized spacial score (nSPS) is 22.4. The molecule has 1 aliphatic carbocycles. The highest BCUT2D eigenvalue weighted by atomic mass is 32.2. The second kappa shape index (κ2) is 7.13. The predicted molar refractivity (Wildman–Crippen MR) is 94.7 cm³/mol. The van der Waals surface area contributed by atoms with Crippen LogP contribution in [0.15, 0.2) is 29.8 Å². The van der Waals surface area contributed by atoms with Crippen LogP contribution in [0, 0.1) is 5.92 Å². The van der Waals surface area contributed by atoms with Crippen LogP contribution in [0.3, 0.4) is 0 Å². The molecule has 0 amide bonds. The van der Waals surface area contributed by atoms with Gasteiger partial charge in [-0.25, -0.2) is 13.4 Å².